The summed E-state index contributed by atoms with van der Waals surface area (Å²) >= 11 is -2.51. The van der Waals surface area contributed by atoms with Gasteiger partial charge < -0.3 is 0 Å². The fraction of sp³-hybridized carbons (Fsp3) is 0.640. The number of likely N-dealkylation sites (tertiary alicyclic amines) is 1. The molecule has 31 heavy (non-hydrogen) atoms. The zero-order valence-corrected chi connectivity index (χ0v) is 22.3. The van der Waals surface area contributed by atoms with Crippen LogP contribution in [0.1, 0.15) is 77.7 Å². The summed E-state index contributed by atoms with van der Waals surface area (Å²) in [6.07, 6.45) is 7.99. The summed E-state index contributed by atoms with van der Waals surface area (Å²) in [5.41, 5.74) is 0.880. The van der Waals surface area contributed by atoms with Crippen LogP contribution < -0.4 is 3.58 Å². The Morgan fingerprint density at radius 2 is 1.35 bits per heavy atom. The predicted octanol–water partition coefficient (Wildman–Crippen LogP) is 4.89. The molecule has 0 spiro atoms. The fourth-order valence-corrected chi connectivity index (χ4v) is 20.7. The van der Waals surface area contributed by atoms with E-state index in [4.69, 9.17) is 0 Å². The maximum atomic E-state index is 12.1. The number of rotatable bonds is 14. The second kappa shape index (κ2) is 12.6. The van der Waals surface area contributed by atoms with Crippen molar-refractivity contribution < 1.29 is 19.5 Å². The topological polar surface area (TPSA) is 74.7 Å². The summed E-state index contributed by atoms with van der Waals surface area (Å²) in [5.74, 6) is -1.86. The number of aliphatic carboxylic acids is 1. The number of unbranched alkanes of at least 4 members (excludes halogenated alkanes) is 3. The van der Waals surface area contributed by atoms with Gasteiger partial charge in [-0.25, -0.2) is 0 Å². The Hall–Kier alpha value is -1.37. The van der Waals surface area contributed by atoms with E-state index in [0.29, 0.717) is 0 Å². The zero-order valence-electron chi connectivity index (χ0n) is 19.5. The first-order chi connectivity index (χ1) is 14.9. The SMILES string of the molecule is CCC[CH2][Sn]([CH2]CCC)([CH2]CCC)[c]1ccc(CC(C(=O)O)N2C(=O)CCC2=O)cc1. The van der Waals surface area contributed by atoms with Gasteiger partial charge in [0.05, 0.1) is 0 Å². The number of hydrogen-bond acceptors (Lipinski definition) is 3. The average Bonchev–Trinajstić information content (AvgIpc) is 3.10. The molecule has 1 fully saturated rings. The molecular formula is C25H39NO4Sn. The van der Waals surface area contributed by atoms with Crippen LogP contribution in [0.25, 0.3) is 0 Å². The standard InChI is InChI=1S/C13H12NO4.3C4H9.Sn/c15-11-6-7-12(16)14(11)10(13(17)18)8-9-4-2-1-3-5-9;3*1-3-4-2;/h2-5,10H,6-8H2,(H,17,18);3*1,3-4H2,2H3;. The molecule has 1 aromatic rings. The van der Waals surface area contributed by atoms with Crippen LogP contribution in [-0.4, -0.2) is 52.2 Å². The van der Waals surface area contributed by atoms with E-state index in [2.05, 4.69) is 32.9 Å². The number of carboxylic acids is 1. The molecule has 0 bridgehead atoms. The molecule has 1 saturated heterocycles. The molecule has 0 radical (unpaired) electrons. The number of amides is 2. The molecule has 6 heteroatoms. The molecule has 1 aliphatic heterocycles. The Morgan fingerprint density at radius 3 is 1.74 bits per heavy atom. The van der Waals surface area contributed by atoms with Crippen molar-refractivity contribution in [2.75, 3.05) is 0 Å². The van der Waals surface area contributed by atoms with E-state index in [-0.39, 0.29) is 31.1 Å². The molecule has 1 N–H and O–H groups in total. The minimum atomic E-state index is -2.51. The van der Waals surface area contributed by atoms with Crippen molar-refractivity contribution in [1.82, 2.24) is 4.90 Å². The van der Waals surface area contributed by atoms with Crippen molar-refractivity contribution in [2.45, 2.75) is 97.9 Å². The third kappa shape index (κ3) is 6.80. The van der Waals surface area contributed by atoms with Gasteiger partial charge in [-0.3, -0.25) is 0 Å². The summed E-state index contributed by atoms with van der Waals surface area (Å²) in [6.45, 7) is 6.81. The molecule has 0 aromatic heterocycles. The molecule has 2 rings (SSSR count). The van der Waals surface area contributed by atoms with Gasteiger partial charge in [0.1, 0.15) is 0 Å². The number of carbonyl (C=O) groups is 3. The van der Waals surface area contributed by atoms with Gasteiger partial charge >= 0.3 is 192 Å². The van der Waals surface area contributed by atoms with Gasteiger partial charge in [-0.2, -0.15) is 0 Å². The summed E-state index contributed by atoms with van der Waals surface area (Å²) in [4.78, 5) is 36.9. The van der Waals surface area contributed by atoms with Crippen LogP contribution in [0.2, 0.25) is 13.3 Å². The second-order valence-corrected chi connectivity index (χ2v) is 22.2. The van der Waals surface area contributed by atoms with Crippen molar-refractivity contribution >= 4 is 39.7 Å². The van der Waals surface area contributed by atoms with E-state index >= 15 is 0 Å². The monoisotopic (exact) mass is 537 g/mol. The normalized spacial score (nSPS) is 15.5. The summed E-state index contributed by atoms with van der Waals surface area (Å²) in [5, 5.41) is 9.67. The number of hydrogen-bond donors (Lipinski definition) is 1. The van der Waals surface area contributed by atoms with Crippen molar-refractivity contribution in [3.63, 3.8) is 0 Å². The third-order valence-electron chi connectivity index (χ3n) is 6.71. The maximum absolute atomic E-state index is 12.1. The van der Waals surface area contributed by atoms with Gasteiger partial charge in [-0.15, -0.1) is 0 Å². The second-order valence-electron chi connectivity index (χ2n) is 9.00. The van der Waals surface area contributed by atoms with Crippen molar-refractivity contribution in [3.05, 3.63) is 29.8 Å². The Labute approximate surface area is 191 Å². The molecule has 0 aliphatic carbocycles. The zero-order chi connectivity index (χ0) is 22.9. The third-order valence-corrected chi connectivity index (χ3v) is 22.4. The molecule has 5 nitrogen and oxygen atoms in total. The molecule has 0 saturated carbocycles. The van der Waals surface area contributed by atoms with Crippen molar-refractivity contribution in [2.24, 2.45) is 0 Å². The molecule has 1 heterocycles. The van der Waals surface area contributed by atoms with Gasteiger partial charge in [-0.05, 0) is 0 Å². The fourth-order valence-electron chi connectivity index (χ4n) is 4.80. The number of imide groups is 1. The number of carboxylic acid groups (broad SMARTS) is 1. The van der Waals surface area contributed by atoms with Gasteiger partial charge in [0.25, 0.3) is 0 Å². The van der Waals surface area contributed by atoms with Crippen LogP contribution >= 0.6 is 0 Å². The quantitative estimate of drug-likeness (QED) is 0.272. The van der Waals surface area contributed by atoms with E-state index in [1.807, 2.05) is 12.1 Å². The van der Waals surface area contributed by atoms with Crippen LogP contribution in [0.5, 0.6) is 0 Å². The first-order valence-corrected chi connectivity index (χ1v) is 19.5. The first kappa shape index (κ1) is 25.9. The van der Waals surface area contributed by atoms with Crippen LogP contribution in [0.15, 0.2) is 24.3 Å². The van der Waals surface area contributed by atoms with E-state index in [9.17, 15) is 19.5 Å². The van der Waals surface area contributed by atoms with Gasteiger partial charge in [-0.1, -0.05) is 0 Å². The van der Waals surface area contributed by atoms with Crippen LogP contribution in [0.3, 0.4) is 0 Å². The molecule has 2 amide bonds. The van der Waals surface area contributed by atoms with Gasteiger partial charge in [0.15, 0.2) is 0 Å². The molecule has 1 aliphatic rings. The molecule has 1 atom stereocenters. The van der Waals surface area contributed by atoms with Gasteiger partial charge in [0, 0.05) is 0 Å². The van der Waals surface area contributed by atoms with E-state index in [1.165, 1.54) is 51.8 Å². The Morgan fingerprint density at radius 1 is 0.903 bits per heavy atom. The van der Waals surface area contributed by atoms with E-state index in [1.54, 1.807) is 3.58 Å². The van der Waals surface area contributed by atoms with Crippen LogP contribution in [-0.2, 0) is 20.8 Å². The number of carbonyl (C=O) groups excluding carboxylic acids is 2. The van der Waals surface area contributed by atoms with Crippen molar-refractivity contribution in [1.29, 1.82) is 0 Å². The van der Waals surface area contributed by atoms with Gasteiger partial charge in [0.2, 0.25) is 0 Å². The minimum absolute atomic E-state index is 0.116. The average molecular weight is 536 g/mol. The summed E-state index contributed by atoms with van der Waals surface area (Å²) in [6, 6.07) is 7.48. The Balaban J connectivity index is 2.26. The van der Waals surface area contributed by atoms with Crippen molar-refractivity contribution in [3.8, 4) is 0 Å². The first-order valence-electron chi connectivity index (χ1n) is 12.1. The number of benzene rings is 1. The molecule has 1 unspecified atom stereocenters. The molecular weight excluding hydrogens is 497 g/mol. The summed E-state index contributed by atoms with van der Waals surface area (Å²) in [7, 11) is 0. The number of nitrogens with zero attached hydrogens (tertiary/aromatic N) is 1. The molecule has 1 aromatic carbocycles. The van der Waals surface area contributed by atoms with Crippen LogP contribution in [0, 0.1) is 0 Å². The Kier molecular flexibility index (Phi) is 10.5. The van der Waals surface area contributed by atoms with E-state index < -0.39 is 30.4 Å². The van der Waals surface area contributed by atoms with Crippen LogP contribution in [0.4, 0.5) is 0 Å². The predicted molar refractivity (Wildman–Crippen MR) is 127 cm³/mol. The van der Waals surface area contributed by atoms with E-state index in [0.717, 1.165) is 10.5 Å². The summed E-state index contributed by atoms with van der Waals surface area (Å²) < 4.78 is 5.71. The molecule has 172 valence electrons. The Bertz CT molecular complexity index is 709.